The largest absolute Gasteiger partial charge is 0.366 e. The molecule has 0 saturated heterocycles. The van der Waals surface area contributed by atoms with Crippen molar-refractivity contribution in [2.75, 3.05) is 0 Å². The number of hydrogen-bond acceptors (Lipinski definition) is 4. The van der Waals surface area contributed by atoms with Gasteiger partial charge in [0.15, 0.2) is 0 Å². The van der Waals surface area contributed by atoms with E-state index in [0.717, 1.165) is 17.6 Å². The van der Waals surface area contributed by atoms with E-state index in [1.807, 2.05) is 30.6 Å². The normalized spacial score (nSPS) is 18.0. The van der Waals surface area contributed by atoms with E-state index in [1.54, 1.807) is 5.37 Å². The molecule has 1 aromatic heterocycles. The van der Waals surface area contributed by atoms with Crippen LogP contribution in [0.4, 0.5) is 0 Å². The molecule has 0 spiro atoms. The molecule has 1 atom stereocenters. The number of nitrogens with zero attached hydrogens (tertiary/aromatic N) is 1. The molecule has 0 saturated carbocycles. The lowest BCUT2D eigenvalue weighted by molar-refractivity contribution is 0.716. The molecule has 0 bridgehead atoms. The summed E-state index contributed by atoms with van der Waals surface area (Å²) in [7, 11) is 0. The Morgan fingerprint density at radius 1 is 1.28 bits per heavy atom. The predicted molar refractivity (Wildman–Crippen MR) is 77.2 cm³/mol. The third-order valence-electron chi connectivity index (χ3n) is 3.03. The number of rotatable bonds is 3. The first-order valence-corrected chi connectivity index (χ1v) is 6.33. The van der Waals surface area contributed by atoms with Gasteiger partial charge in [0.05, 0.1) is 5.52 Å². The second kappa shape index (κ2) is 4.74. The lowest BCUT2D eigenvalue weighted by Gasteiger charge is -2.09. The fourth-order valence-corrected chi connectivity index (χ4v) is 2.32. The summed E-state index contributed by atoms with van der Waals surface area (Å²) in [5.41, 5.74) is 3.46. The molecule has 0 amide bonds. The topological polar surface area (TPSA) is 37.0 Å². The second-order valence-electron chi connectivity index (χ2n) is 4.26. The maximum atomic E-state index is 4.91. The first-order valence-electron chi connectivity index (χ1n) is 5.86. The van der Waals surface area contributed by atoms with Gasteiger partial charge in [-0.2, -0.15) is 0 Å². The van der Waals surface area contributed by atoms with Gasteiger partial charge in [-0.1, -0.05) is 30.4 Å². The average molecular weight is 255 g/mol. The first-order chi connectivity index (χ1) is 8.86. The maximum Gasteiger partial charge on any atom is 0.126 e. The number of thiocarbonyl (C=S) groups is 1. The predicted octanol–water partition coefficient (Wildman–Crippen LogP) is 2.14. The van der Waals surface area contributed by atoms with Gasteiger partial charge in [-0.15, -0.1) is 0 Å². The summed E-state index contributed by atoms with van der Waals surface area (Å²) >= 11 is 4.91. The van der Waals surface area contributed by atoms with Gasteiger partial charge < -0.3 is 10.6 Å². The van der Waals surface area contributed by atoms with E-state index in [0.29, 0.717) is 0 Å². The van der Waals surface area contributed by atoms with Gasteiger partial charge in [0.2, 0.25) is 0 Å². The third-order valence-corrected chi connectivity index (χ3v) is 3.30. The molecule has 0 aliphatic carbocycles. The molecule has 90 valence electrons. The van der Waals surface area contributed by atoms with Crippen molar-refractivity contribution in [2.45, 2.75) is 12.6 Å². The summed E-state index contributed by atoms with van der Waals surface area (Å²) in [5, 5.41) is 9.39. The van der Waals surface area contributed by atoms with Gasteiger partial charge in [0.1, 0.15) is 6.17 Å². The first kappa shape index (κ1) is 11.2. The van der Waals surface area contributed by atoms with Crippen molar-refractivity contribution < 1.29 is 0 Å². The smallest absolute Gasteiger partial charge is 0.126 e. The maximum absolute atomic E-state index is 4.91. The zero-order valence-corrected chi connectivity index (χ0v) is 10.6. The second-order valence-corrected chi connectivity index (χ2v) is 4.53. The fourth-order valence-electron chi connectivity index (χ4n) is 2.18. The van der Waals surface area contributed by atoms with Gasteiger partial charge >= 0.3 is 0 Å². The molecule has 1 aromatic carbocycles. The molecule has 2 heterocycles. The molecule has 2 N–H and O–H groups in total. The highest BCUT2D eigenvalue weighted by atomic mass is 32.1. The highest BCUT2D eigenvalue weighted by molar-refractivity contribution is 7.79. The molecule has 1 aliphatic rings. The Morgan fingerprint density at radius 3 is 3.06 bits per heavy atom. The lowest BCUT2D eigenvalue weighted by atomic mass is 10.0. The van der Waals surface area contributed by atoms with Crippen LogP contribution in [0.3, 0.4) is 0 Å². The number of hydrogen-bond donors (Lipinski definition) is 2. The lowest BCUT2D eigenvalue weighted by Crippen LogP contribution is -2.32. The summed E-state index contributed by atoms with van der Waals surface area (Å²) in [6, 6.07) is 10.3. The summed E-state index contributed by atoms with van der Waals surface area (Å²) in [6.07, 6.45) is 4.74. The Balaban J connectivity index is 1.89. The van der Waals surface area contributed by atoms with Crippen LogP contribution in [0.15, 0.2) is 48.4 Å². The fraction of sp³-hybridized carbons (Fsp3) is 0.143. The van der Waals surface area contributed by atoms with Crippen LogP contribution in [0.25, 0.3) is 10.9 Å². The van der Waals surface area contributed by atoms with Gasteiger partial charge in [0, 0.05) is 35.3 Å². The molecule has 2 aromatic rings. The molecule has 1 unspecified atom stereocenters. The average Bonchev–Trinajstić information content (AvgIpc) is 2.87. The Bertz CT molecular complexity index is 616. The van der Waals surface area contributed by atoms with Crippen LogP contribution in [0.5, 0.6) is 0 Å². The molecule has 3 rings (SSSR count). The molecule has 18 heavy (non-hydrogen) atoms. The van der Waals surface area contributed by atoms with E-state index >= 15 is 0 Å². The Kier molecular flexibility index (Phi) is 2.94. The van der Waals surface area contributed by atoms with Gasteiger partial charge in [-0.05, 0) is 17.7 Å². The van der Waals surface area contributed by atoms with E-state index in [4.69, 9.17) is 12.2 Å². The van der Waals surface area contributed by atoms with E-state index in [1.165, 1.54) is 10.9 Å². The molecular formula is C14H13N3S. The van der Waals surface area contributed by atoms with Crippen LogP contribution >= 0.6 is 12.2 Å². The summed E-state index contributed by atoms with van der Waals surface area (Å²) in [5.74, 6) is 0. The van der Waals surface area contributed by atoms with Crippen molar-refractivity contribution in [2.24, 2.45) is 0 Å². The molecular weight excluding hydrogens is 242 g/mol. The monoisotopic (exact) mass is 255 g/mol. The van der Waals surface area contributed by atoms with Crippen molar-refractivity contribution in [1.29, 1.82) is 0 Å². The summed E-state index contributed by atoms with van der Waals surface area (Å²) < 4.78 is 0. The van der Waals surface area contributed by atoms with Gasteiger partial charge in [0.25, 0.3) is 0 Å². The van der Waals surface area contributed by atoms with Gasteiger partial charge in [-0.3, -0.25) is 4.98 Å². The molecule has 0 radical (unpaired) electrons. The molecule has 4 heteroatoms. The van der Waals surface area contributed by atoms with Gasteiger partial charge in [-0.25, -0.2) is 0 Å². The summed E-state index contributed by atoms with van der Waals surface area (Å²) in [6.45, 7) is 0. The minimum atomic E-state index is 0.0723. The highest BCUT2D eigenvalue weighted by Crippen LogP contribution is 2.19. The highest BCUT2D eigenvalue weighted by Gasteiger charge is 2.13. The zero-order valence-electron chi connectivity index (χ0n) is 9.76. The van der Waals surface area contributed by atoms with E-state index in [2.05, 4.69) is 27.8 Å². The number of nitrogens with one attached hydrogen (secondary N) is 2. The van der Waals surface area contributed by atoms with Crippen molar-refractivity contribution in [3.05, 3.63) is 54.0 Å². The summed E-state index contributed by atoms with van der Waals surface area (Å²) in [4.78, 5) is 4.37. The number of pyridine rings is 1. The minimum Gasteiger partial charge on any atom is -0.366 e. The molecule has 3 nitrogen and oxygen atoms in total. The van der Waals surface area contributed by atoms with Crippen LogP contribution in [0.1, 0.15) is 5.56 Å². The van der Waals surface area contributed by atoms with Crippen LogP contribution in [0, 0.1) is 0 Å². The van der Waals surface area contributed by atoms with Crippen LogP contribution < -0.4 is 10.6 Å². The van der Waals surface area contributed by atoms with E-state index in [-0.39, 0.29) is 6.17 Å². The zero-order chi connectivity index (χ0) is 12.4. The quantitative estimate of drug-likeness (QED) is 0.824. The number of allylic oxidation sites excluding steroid dienone is 1. The van der Waals surface area contributed by atoms with Crippen LogP contribution in [0.2, 0.25) is 0 Å². The van der Waals surface area contributed by atoms with Crippen molar-refractivity contribution in [1.82, 2.24) is 15.6 Å². The van der Waals surface area contributed by atoms with Crippen molar-refractivity contribution in [3.8, 4) is 0 Å². The number of aromatic nitrogens is 1. The third kappa shape index (κ3) is 2.07. The number of benzene rings is 1. The van der Waals surface area contributed by atoms with Crippen molar-refractivity contribution in [3.63, 3.8) is 0 Å². The Labute approximate surface area is 111 Å². The van der Waals surface area contributed by atoms with Crippen molar-refractivity contribution >= 4 is 28.5 Å². The van der Waals surface area contributed by atoms with E-state index < -0.39 is 0 Å². The van der Waals surface area contributed by atoms with E-state index in [9.17, 15) is 0 Å². The van der Waals surface area contributed by atoms with Crippen LogP contribution in [-0.2, 0) is 6.42 Å². The van der Waals surface area contributed by atoms with Crippen LogP contribution in [-0.4, -0.2) is 16.5 Å². The Hall–Kier alpha value is -1.94. The Morgan fingerprint density at radius 2 is 2.22 bits per heavy atom. The standard InChI is InChI=1S/C14H13N3S/c18-9-14-16-8-11(17-14)7-10-3-1-5-13-12(10)4-2-6-15-13/h1-6,8-9,14,16-17H,7H2. The molecule has 1 aliphatic heterocycles. The minimum absolute atomic E-state index is 0.0723. The number of fused-ring (bicyclic) bond motifs is 1. The SMILES string of the molecule is S=CC1NC=C(Cc2cccc3ncccc23)N1. The molecule has 0 fully saturated rings.